The van der Waals surface area contributed by atoms with Crippen LogP contribution in [0.5, 0.6) is 0 Å². The highest BCUT2D eigenvalue weighted by Gasteiger charge is 2.14. The maximum absolute atomic E-state index is 5.92. The van der Waals surface area contributed by atoms with Crippen molar-refractivity contribution in [3.8, 4) is 0 Å². The molecule has 0 aliphatic carbocycles. The predicted octanol–water partition coefficient (Wildman–Crippen LogP) is 1.08. The minimum absolute atomic E-state index is 0.210. The fourth-order valence-corrected chi connectivity index (χ4v) is 1.40. The number of aromatic nitrogens is 2. The Morgan fingerprint density at radius 3 is 2.94 bits per heavy atom. The summed E-state index contributed by atoms with van der Waals surface area (Å²) >= 11 is 0. The Morgan fingerprint density at radius 2 is 2.24 bits per heavy atom. The molecule has 0 aromatic carbocycles. The van der Waals surface area contributed by atoms with Crippen molar-refractivity contribution < 1.29 is 14.0 Å². The van der Waals surface area contributed by atoms with Crippen molar-refractivity contribution >= 4 is 0 Å². The van der Waals surface area contributed by atoms with Crippen LogP contribution in [0.4, 0.5) is 0 Å². The van der Waals surface area contributed by atoms with Crippen molar-refractivity contribution in [2.75, 3.05) is 26.9 Å². The average Bonchev–Trinajstić information content (AvgIpc) is 2.78. The summed E-state index contributed by atoms with van der Waals surface area (Å²) in [7, 11) is 1.67. The van der Waals surface area contributed by atoms with Gasteiger partial charge in [-0.25, -0.2) is 0 Å². The number of hydrogen-bond donors (Lipinski definition) is 1. The first-order valence-electron chi connectivity index (χ1n) is 5.92. The highest BCUT2D eigenvalue weighted by atomic mass is 16.5. The van der Waals surface area contributed by atoms with Gasteiger partial charge in [0.05, 0.1) is 12.6 Å². The third-order valence-corrected chi connectivity index (χ3v) is 2.34. The molecule has 0 fully saturated rings. The predicted molar refractivity (Wildman–Crippen MR) is 62.5 cm³/mol. The van der Waals surface area contributed by atoms with Crippen LogP contribution >= 0.6 is 0 Å². The van der Waals surface area contributed by atoms with E-state index in [-0.39, 0.29) is 6.04 Å². The molecule has 17 heavy (non-hydrogen) atoms. The highest BCUT2D eigenvalue weighted by molar-refractivity contribution is 4.91. The van der Waals surface area contributed by atoms with E-state index in [1.807, 2.05) is 6.92 Å². The normalized spacial score (nSPS) is 12.9. The van der Waals surface area contributed by atoms with Crippen molar-refractivity contribution in [2.24, 2.45) is 5.73 Å². The second kappa shape index (κ2) is 8.16. The van der Waals surface area contributed by atoms with Gasteiger partial charge in [-0.1, -0.05) is 5.16 Å². The lowest BCUT2D eigenvalue weighted by atomic mass is 10.2. The molecule has 0 bridgehead atoms. The maximum Gasteiger partial charge on any atom is 0.243 e. The zero-order valence-electron chi connectivity index (χ0n) is 10.5. The molecule has 0 aliphatic heterocycles. The number of ether oxygens (including phenoxy) is 2. The molecule has 0 radical (unpaired) electrons. The largest absolute Gasteiger partial charge is 0.385 e. The molecule has 98 valence electrons. The zero-order chi connectivity index (χ0) is 12.5. The smallest absolute Gasteiger partial charge is 0.243 e. The third kappa shape index (κ3) is 5.25. The molecule has 1 aromatic rings. The minimum Gasteiger partial charge on any atom is -0.385 e. The van der Waals surface area contributed by atoms with E-state index in [1.165, 1.54) is 0 Å². The van der Waals surface area contributed by atoms with Gasteiger partial charge < -0.3 is 19.7 Å². The van der Waals surface area contributed by atoms with E-state index in [0.29, 0.717) is 38.0 Å². The van der Waals surface area contributed by atoms with Gasteiger partial charge >= 0.3 is 0 Å². The summed E-state index contributed by atoms with van der Waals surface area (Å²) in [6.07, 6.45) is 2.32. The van der Waals surface area contributed by atoms with Gasteiger partial charge in [-0.2, -0.15) is 4.98 Å². The van der Waals surface area contributed by atoms with E-state index in [2.05, 4.69) is 10.1 Å². The average molecular weight is 243 g/mol. The minimum atomic E-state index is -0.210. The zero-order valence-corrected chi connectivity index (χ0v) is 10.5. The van der Waals surface area contributed by atoms with Crippen LogP contribution in [-0.2, 0) is 15.9 Å². The lowest BCUT2D eigenvalue weighted by molar-refractivity contribution is 0.149. The second-order valence-corrected chi connectivity index (χ2v) is 3.74. The van der Waals surface area contributed by atoms with Crippen LogP contribution in [0.2, 0.25) is 0 Å². The van der Waals surface area contributed by atoms with E-state index in [9.17, 15) is 0 Å². The standard InChI is InChI=1S/C11H21N3O3/c1-3-16-8-6-10-13-11(17-14-10)9(12)5-4-7-15-2/h9H,3-8,12H2,1-2H3. The lowest BCUT2D eigenvalue weighted by Gasteiger charge is -2.04. The summed E-state index contributed by atoms with van der Waals surface area (Å²) in [6, 6.07) is -0.210. The molecule has 0 spiro atoms. The molecular formula is C11H21N3O3. The van der Waals surface area contributed by atoms with E-state index < -0.39 is 0 Å². The van der Waals surface area contributed by atoms with Gasteiger partial charge in [-0.05, 0) is 19.8 Å². The first-order chi connectivity index (χ1) is 8.27. The van der Waals surface area contributed by atoms with E-state index >= 15 is 0 Å². The molecule has 1 aromatic heterocycles. The molecule has 6 nitrogen and oxygen atoms in total. The van der Waals surface area contributed by atoms with Gasteiger partial charge in [0.25, 0.3) is 0 Å². The Balaban J connectivity index is 2.33. The van der Waals surface area contributed by atoms with Crippen LogP contribution in [0, 0.1) is 0 Å². The number of methoxy groups -OCH3 is 1. The van der Waals surface area contributed by atoms with Gasteiger partial charge in [0, 0.05) is 26.7 Å². The molecule has 6 heteroatoms. The quantitative estimate of drug-likeness (QED) is 0.653. The highest BCUT2D eigenvalue weighted by Crippen LogP contribution is 2.13. The molecule has 0 aliphatic rings. The first-order valence-corrected chi connectivity index (χ1v) is 5.92. The molecule has 2 N–H and O–H groups in total. The maximum atomic E-state index is 5.92. The van der Waals surface area contributed by atoms with Crippen molar-refractivity contribution in [1.29, 1.82) is 0 Å². The Morgan fingerprint density at radius 1 is 1.41 bits per heavy atom. The Labute approximate surface area is 101 Å². The topological polar surface area (TPSA) is 83.4 Å². The van der Waals surface area contributed by atoms with Gasteiger partial charge in [0.15, 0.2) is 5.82 Å². The van der Waals surface area contributed by atoms with E-state index in [1.54, 1.807) is 7.11 Å². The molecule has 1 atom stereocenters. The summed E-state index contributed by atoms with van der Waals surface area (Å²) < 4.78 is 15.3. The van der Waals surface area contributed by atoms with Crippen LogP contribution in [0.3, 0.4) is 0 Å². The molecule has 0 saturated carbocycles. The molecular weight excluding hydrogens is 222 g/mol. The second-order valence-electron chi connectivity index (χ2n) is 3.74. The van der Waals surface area contributed by atoms with Crippen LogP contribution in [0.1, 0.15) is 37.5 Å². The van der Waals surface area contributed by atoms with Gasteiger partial charge in [0.1, 0.15) is 0 Å². The molecule has 0 saturated heterocycles. The fraction of sp³-hybridized carbons (Fsp3) is 0.818. The summed E-state index contributed by atoms with van der Waals surface area (Å²) in [6.45, 7) is 3.95. The van der Waals surface area contributed by atoms with Crippen molar-refractivity contribution in [2.45, 2.75) is 32.2 Å². The van der Waals surface area contributed by atoms with Gasteiger partial charge in [-0.15, -0.1) is 0 Å². The third-order valence-electron chi connectivity index (χ3n) is 2.34. The molecule has 1 heterocycles. The molecule has 0 amide bonds. The van der Waals surface area contributed by atoms with E-state index in [4.69, 9.17) is 19.7 Å². The van der Waals surface area contributed by atoms with Crippen LogP contribution in [0.15, 0.2) is 4.52 Å². The summed E-state index contributed by atoms with van der Waals surface area (Å²) in [5.74, 6) is 1.14. The van der Waals surface area contributed by atoms with Crippen LogP contribution in [0.25, 0.3) is 0 Å². The van der Waals surface area contributed by atoms with E-state index in [0.717, 1.165) is 12.8 Å². The summed E-state index contributed by atoms with van der Waals surface area (Å²) in [5.41, 5.74) is 5.92. The lowest BCUT2D eigenvalue weighted by Crippen LogP contribution is -2.11. The van der Waals surface area contributed by atoms with Gasteiger partial charge in [0.2, 0.25) is 5.89 Å². The SMILES string of the molecule is CCOCCc1noc(C(N)CCCOC)n1. The Bertz CT molecular complexity index is 304. The van der Waals surface area contributed by atoms with Gasteiger partial charge in [-0.3, -0.25) is 0 Å². The Kier molecular flexibility index (Phi) is 6.76. The number of rotatable bonds is 9. The number of nitrogens with two attached hydrogens (primary N) is 1. The van der Waals surface area contributed by atoms with Crippen molar-refractivity contribution in [3.63, 3.8) is 0 Å². The summed E-state index contributed by atoms with van der Waals surface area (Å²) in [4.78, 5) is 4.24. The molecule has 1 rings (SSSR count). The monoisotopic (exact) mass is 243 g/mol. The van der Waals surface area contributed by atoms with Crippen molar-refractivity contribution in [3.05, 3.63) is 11.7 Å². The Hall–Kier alpha value is -0.980. The first kappa shape index (κ1) is 14.1. The van der Waals surface area contributed by atoms with Crippen molar-refractivity contribution in [1.82, 2.24) is 10.1 Å². The number of nitrogens with zero attached hydrogens (tertiary/aromatic N) is 2. The molecule has 1 unspecified atom stereocenters. The summed E-state index contributed by atoms with van der Waals surface area (Å²) in [5, 5.41) is 3.86. The number of hydrogen-bond acceptors (Lipinski definition) is 6. The fourth-order valence-electron chi connectivity index (χ4n) is 1.40. The van der Waals surface area contributed by atoms with Crippen LogP contribution < -0.4 is 5.73 Å². The van der Waals surface area contributed by atoms with Crippen LogP contribution in [-0.4, -0.2) is 37.1 Å².